The molecule has 0 atom stereocenters. The van der Waals surface area contributed by atoms with E-state index in [0.717, 1.165) is 0 Å². The fourth-order valence-corrected chi connectivity index (χ4v) is 9.65. The van der Waals surface area contributed by atoms with E-state index in [-0.39, 0.29) is 9.68 Å². The molecule has 0 aromatic carbocycles. The van der Waals surface area contributed by atoms with Crippen LogP contribution in [0.1, 0.15) is 13.8 Å². The van der Waals surface area contributed by atoms with Crippen LogP contribution < -0.4 is 4.65 Å². The largest absolute Gasteiger partial charge is 0.364 e. The van der Waals surface area contributed by atoms with Crippen LogP contribution in [0.2, 0.25) is 24.2 Å². The summed E-state index contributed by atoms with van der Waals surface area (Å²) in [5.41, 5.74) is 0. The minimum Gasteiger partial charge on any atom is -0.364 e. The van der Waals surface area contributed by atoms with Crippen LogP contribution in [0.5, 0.6) is 0 Å². The SMILES string of the molecule is CC1(C)C[SiH2]N[Si]1(C)C. The van der Waals surface area contributed by atoms with Crippen LogP contribution in [0, 0.1) is 0 Å². The molecule has 1 heterocycles. The molecule has 1 fully saturated rings. The van der Waals surface area contributed by atoms with Crippen molar-refractivity contribution < 1.29 is 0 Å². The second-order valence-electron chi connectivity index (χ2n) is 4.19. The van der Waals surface area contributed by atoms with E-state index in [4.69, 9.17) is 0 Å². The van der Waals surface area contributed by atoms with Gasteiger partial charge in [0.05, 0.1) is 9.68 Å². The first kappa shape index (κ1) is 7.50. The molecule has 0 saturated carbocycles. The molecule has 0 aliphatic carbocycles. The molecule has 1 saturated heterocycles. The standard InChI is InChI=1S/C6H17NSi2/c1-6(2)5-8-7-9(6,3)4/h7H,5,8H2,1-4H3. The van der Waals surface area contributed by atoms with Gasteiger partial charge in [0, 0.05) is 0 Å². The zero-order valence-corrected chi connectivity index (χ0v) is 9.33. The normalized spacial score (nSPS) is 33.3. The third kappa shape index (κ3) is 1.13. The van der Waals surface area contributed by atoms with Gasteiger partial charge in [0.15, 0.2) is 0 Å². The van der Waals surface area contributed by atoms with Crippen molar-refractivity contribution in [2.24, 2.45) is 0 Å². The summed E-state index contributed by atoms with van der Waals surface area (Å²) in [6.45, 7) is 9.75. The van der Waals surface area contributed by atoms with E-state index < -0.39 is 8.24 Å². The molecular formula is C6H17NSi2. The predicted molar refractivity (Wildman–Crippen MR) is 48.0 cm³/mol. The molecule has 1 N–H and O–H groups in total. The number of hydrogen-bond donors (Lipinski definition) is 1. The van der Waals surface area contributed by atoms with E-state index in [1.54, 1.807) is 0 Å². The van der Waals surface area contributed by atoms with Gasteiger partial charge in [-0.3, -0.25) is 0 Å². The van der Waals surface area contributed by atoms with Crippen LogP contribution in [0.4, 0.5) is 0 Å². The lowest BCUT2D eigenvalue weighted by atomic mass is 10.2. The molecule has 0 aromatic rings. The Hall–Kier alpha value is 0.394. The smallest absolute Gasteiger partial charge is 0.117 e. The van der Waals surface area contributed by atoms with Gasteiger partial charge in [-0.05, 0) is 11.1 Å². The van der Waals surface area contributed by atoms with Gasteiger partial charge < -0.3 is 4.65 Å². The Balaban J connectivity index is 2.75. The highest BCUT2D eigenvalue weighted by molar-refractivity contribution is 6.86. The molecule has 0 unspecified atom stereocenters. The maximum Gasteiger partial charge on any atom is 0.117 e. The molecule has 0 spiro atoms. The van der Waals surface area contributed by atoms with Crippen molar-refractivity contribution in [3.63, 3.8) is 0 Å². The van der Waals surface area contributed by atoms with Crippen molar-refractivity contribution >= 4 is 17.9 Å². The molecule has 1 nitrogen and oxygen atoms in total. The summed E-state index contributed by atoms with van der Waals surface area (Å²) in [4.78, 5) is 0. The van der Waals surface area contributed by atoms with Crippen LogP contribution in [-0.2, 0) is 0 Å². The van der Waals surface area contributed by atoms with E-state index in [1.807, 2.05) is 0 Å². The van der Waals surface area contributed by atoms with Crippen molar-refractivity contribution in [3.8, 4) is 0 Å². The highest BCUT2D eigenvalue weighted by atomic mass is 28.4. The Morgan fingerprint density at radius 2 is 2.00 bits per heavy atom. The molecule has 0 bridgehead atoms. The van der Waals surface area contributed by atoms with Crippen molar-refractivity contribution in [1.82, 2.24) is 4.65 Å². The van der Waals surface area contributed by atoms with Gasteiger partial charge in [0.1, 0.15) is 8.24 Å². The Morgan fingerprint density at radius 1 is 1.44 bits per heavy atom. The first-order valence-electron chi connectivity index (χ1n) is 3.71. The molecule has 0 amide bonds. The van der Waals surface area contributed by atoms with E-state index >= 15 is 0 Å². The Kier molecular flexibility index (Phi) is 1.61. The van der Waals surface area contributed by atoms with Gasteiger partial charge in [-0.2, -0.15) is 0 Å². The summed E-state index contributed by atoms with van der Waals surface area (Å²) >= 11 is 0. The highest BCUT2D eigenvalue weighted by Gasteiger charge is 2.42. The summed E-state index contributed by atoms with van der Waals surface area (Å²) in [7, 11) is -0.809. The molecule has 1 aliphatic rings. The first-order chi connectivity index (χ1) is 3.96. The van der Waals surface area contributed by atoms with Gasteiger partial charge in [0.2, 0.25) is 0 Å². The lowest BCUT2D eigenvalue weighted by Gasteiger charge is -2.32. The van der Waals surface area contributed by atoms with E-state index in [9.17, 15) is 0 Å². The maximum absolute atomic E-state index is 3.76. The molecule has 0 radical (unpaired) electrons. The fraction of sp³-hybridized carbons (Fsp3) is 1.00. The lowest BCUT2D eigenvalue weighted by molar-refractivity contribution is 0.731. The van der Waals surface area contributed by atoms with Crippen molar-refractivity contribution in [1.29, 1.82) is 0 Å². The molecular weight excluding hydrogens is 142 g/mol. The summed E-state index contributed by atoms with van der Waals surface area (Å²) in [6, 6.07) is 1.51. The highest BCUT2D eigenvalue weighted by Crippen LogP contribution is 2.42. The zero-order chi connectivity index (χ0) is 7.12. The number of rotatable bonds is 0. The van der Waals surface area contributed by atoms with Gasteiger partial charge in [-0.25, -0.2) is 0 Å². The second kappa shape index (κ2) is 1.94. The van der Waals surface area contributed by atoms with Crippen LogP contribution in [0.15, 0.2) is 0 Å². The molecule has 9 heavy (non-hydrogen) atoms. The third-order valence-corrected chi connectivity index (χ3v) is 13.2. The summed E-state index contributed by atoms with van der Waals surface area (Å²) in [5.74, 6) is 0. The fourth-order valence-electron chi connectivity index (χ4n) is 1.24. The topological polar surface area (TPSA) is 12.0 Å². The molecule has 1 aliphatic heterocycles. The Morgan fingerprint density at radius 3 is 2.11 bits per heavy atom. The minimum atomic E-state index is -0.956. The molecule has 3 heteroatoms. The predicted octanol–water partition coefficient (Wildman–Crippen LogP) is 1.08. The van der Waals surface area contributed by atoms with Crippen LogP contribution in [0.3, 0.4) is 0 Å². The average molecular weight is 159 g/mol. The van der Waals surface area contributed by atoms with Gasteiger partial charge in [0.25, 0.3) is 0 Å². The van der Waals surface area contributed by atoms with Gasteiger partial charge in [-0.1, -0.05) is 26.9 Å². The number of hydrogen-bond acceptors (Lipinski definition) is 1. The van der Waals surface area contributed by atoms with Crippen molar-refractivity contribution in [3.05, 3.63) is 0 Å². The van der Waals surface area contributed by atoms with Crippen LogP contribution in [0.25, 0.3) is 0 Å². The number of nitrogens with one attached hydrogen (secondary N) is 1. The lowest BCUT2D eigenvalue weighted by Crippen LogP contribution is -2.46. The minimum absolute atomic E-state index is 0.147. The van der Waals surface area contributed by atoms with Crippen molar-refractivity contribution in [2.75, 3.05) is 0 Å². The van der Waals surface area contributed by atoms with E-state index in [1.165, 1.54) is 6.04 Å². The van der Waals surface area contributed by atoms with Gasteiger partial charge in [-0.15, -0.1) is 0 Å². The Labute approximate surface area is 61.2 Å². The van der Waals surface area contributed by atoms with Crippen LogP contribution >= 0.6 is 0 Å². The van der Waals surface area contributed by atoms with Crippen LogP contribution in [-0.4, -0.2) is 17.9 Å². The molecule has 54 valence electrons. The van der Waals surface area contributed by atoms with E-state index in [0.29, 0.717) is 5.04 Å². The van der Waals surface area contributed by atoms with Gasteiger partial charge >= 0.3 is 0 Å². The maximum atomic E-state index is 3.76. The third-order valence-electron chi connectivity index (χ3n) is 3.01. The van der Waals surface area contributed by atoms with E-state index in [2.05, 4.69) is 31.6 Å². The zero-order valence-electron chi connectivity index (χ0n) is 6.91. The molecule has 0 aromatic heterocycles. The second-order valence-corrected chi connectivity index (χ2v) is 11.2. The monoisotopic (exact) mass is 159 g/mol. The quantitative estimate of drug-likeness (QED) is 0.522. The summed E-state index contributed by atoms with van der Waals surface area (Å²) < 4.78 is 3.76. The Bertz CT molecular complexity index is 106. The van der Waals surface area contributed by atoms with Crippen molar-refractivity contribution in [2.45, 2.75) is 38.0 Å². The molecule has 1 rings (SSSR count). The first-order valence-corrected chi connectivity index (χ1v) is 8.41. The average Bonchev–Trinajstić information content (AvgIpc) is 1.81. The summed E-state index contributed by atoms with van der Waals surface area (Å²) in [5, 5.41) is 0.680. The summed E-state index contributed by atoms with van der Waals surface area (Å²) in [6.07, 6.45) is 0.